The van der Waals surface area contributed by atoms with Crippen LogP contribution in [-0.4, -0.2) is 30.0 Å². The summed E-state index contributed by atoms with van der Waals surface area (Å²) < 4.78 is 3.52. The van der Waals surface area contributed by atoms with E-state index in [-0.39, 0.29) is 12.1 Å². The van der Waals surface area contributed by atoms with Gasteiger partial charge in [-0.15, -0.1) is 5.10 Å². The summed E-state index contributed by atoms with van der Waals surface area (Å²) >= 11 is 1.11. The van der Waals surface area contributed by atoms with Gasteiger partial charge in [-0.3, -0.25) is 9.78 Å². The third kappa shape index (κ3) is 3.74. The molecule has 8 nitrogen and oxygen atoms in total. The average Bonchev–Trinajstić information content (AvgIpc) is 3.43. The van der Waals surface area contributed by atoms with Crippen molar-refractivity contribution in [1.82, 2.24) is 29.3 Å². The number of fused-ring (bicyclic) bond motifs is 1. The van der Waals surface area contributed by atoms with Gasteiger partial charge in [-0.05, 0) is 47.9 Å². The third-order valence-electron chi connectivity index (χ3n) is 4.73. The Morgan fingerprint density at radius 3 is 2.58 bits per heavy atom. The second kappa shape index (κ2) is 7.96. The fraction of sp³-hybridized carbons (Fsp3) is 0.0455. The molecule has 0 unspecified atom stereocenters. The highest BCUT2D eigenvalue weighted by Gasteiger charge is 2.14. The van der Waals surface area contributed by atoms with Crippen molar-refractivity contribution in [2.45, 2.75) is 6.54 Å². The largest absolute Gasteiger partial charge is 0.338 e. The van der Waals surface area contributed by atoms with E-state index in [9.17, 15) is 9.59 Å². The Kier molecular flexibility index (Phi) is 4.85. The van der Waals surface area contributed by atoms with Gasteiger partial charge in [0.25, 0.3) is 5.56 Å². The molecule has 2 aromatic carbocycles. The highest BCUT2D eigenvalue weighted by Crippen LogP contribution is 2.18. The molecule has 3 heterocycles. The molecule has 0 fully saturated rings. The Labute approximate surface area is 180 Å². The molecule has 1 N–H and O–H groups in total. The summed E-state index contributed by atoms with van der Waals surface area (Å²) in [4.78, 5) is 29.2. The van der Waals surface area contributed by atoms with E-state index >= 15 is 0 Å². The van der Waals surface area contributed by atoms with Crippen LogP contribution in [0.4, 0.5) is 4.79 Å². The maximum atomic E-state index is 12.5. The predicted octanol–water partition coefficient (Wildman–Crippen LogP) is 3.46. The Morgan fingerprint density at radius 1 is 1.00 bits per heavy atom. The number of nitrogens with zero attached hydrogens (tertiary/aromatic N) is 5. The molecule has 0 bridgehead atoms. The van der Waals surface area contributed by atoms with Crippen molar-refractivity contribution in [3.8, 4) is 16.9 Å². The lowest BCUT2D eigenvalue weighted by molar-refractivity contribution is 0.243. The molecule has 0 saturated carbocycles. The fourth-order valence-electron chi connectivity index (χ4n) is 3.17. The fourth-order valence-corrected chi connectivity index (χ4v) is 4.09. The van der Waals surface area contributed by atoms with Crippen LogP contribution in [0, 0.1) is 0 Å². The van der Waals surface area contributed by atoms with E-state index < -0.39 is 6.03 Å². The maximum Gasteiger partial charge on any atom is 0.338 e. The van der Waals surface area contributed by atoms with Crippen LogP contribution in [-0.2, 0) is 6.54 Å². The van der Waals surface area contributed by atoms with E-state index in [2.05, 4.69) is 20.6 Å². The number of hydrogen-bond acceptors (Lipinski definition) is 6. The number of rotatable bonds is 4. The average molecular weight is 428 g/mol. The van der Waals surface area contributed by atoms with Crippen molar-refractivity contribution in [3.63, 3.8) is 0 Å². The molecule has 9 heteroatoms. The van der Waals surface area contributed by atoms with Gasteiger partial charge in [-0.25, -0.2) is 9.48 Å². The summed E-state index contributed by atoms with van der Waals surface area (Å²) in [6.45, 7) is 0.158. The Hall–Kier alpha value is -4.11. The summed E-state index contributed by atoms with van der Waals surface area (Å²) in [6.07, 6.45) is 3.50. The van der Waals surface area contributed by atoms with Gasteiger partial charge < -0.3 is 5.32 Å². The molecule has 5 rings (SSSR count). The summed E-state index contributed by atoms with van der Waals surface area (Å²) in [5, 5.41) is 11.5. The van der Waals surface area contributed by atoms with Crippen molar-refractivity contribution < 1.29 is 4.79 Å². The normalized spacial score (nSPS) is 11.0. The molecular weight excluding hydrogens is 412 g/mol. The second-order valence-electron chi connectivity index (χ2n) is 6.76. The molecule has 5 aromatic rings. The first kappa shape index (κ1) is 18.9. The van der Waals surface area contributed by atoms with Gasteiger partial charge in [0.15, 0.2) is 0 Å². The zero-order chi connectivity index (χ0) is 21.2. The lowest BCUT2D eigenvalue weighted by atomic mass is 10.1. The first-order valence-electron chi connectivity index (χ1n) is 9.51. The van der Waals surface area contributed by atoms with Gasteiger partial charge >= 0.3 is 6.03 Å². The molecule has 0 atom stereocenters. The first-order valence-corrected chi connectivity index (χ1v) is 10.3. The van der Waals surface area contributed by atoms with Crippen molar-refractivity contribution in [2.75, 3.05) is 0 Å². The van der Waals surface area contributed by atoms with Crippen LogP contribution < -0.4 is 10.9 Å². The third-order valence-corrected chi connectivity index (χ3v) is 5.80. The highest BCUT2D eigenvalue weighted by molar-refractivity contribution is 7.14. The SMILES string of the molecule is O=C(NCc1cn(-c2ccc(-c3ccccn3)cc2)nn1)n1sc2ccccc2c1=O. The van der Waals surface area contributed by atoms with E-state index in [0.29, 0.717) is 11.1 Å². The van der Waals surface area contributed by atoms with Crippen LogP contribution >= 0.6 is 11.5 Å². The maximum absolute atomic E-state index is 12.5. The van der Waals surface area contributed by atoms with Crippen molar-refractivity contribution in [2.24, 2.45) is 0 Å². The minimum absolute atomic E-state index is 0.158. The van der Waals surface area contributed by atoms with Crippen molar-refractivity contribution >= 4 is 27.6 Å². The number of aromatic nitrogens is 5. The Bertz CT molecular complexity index is 1420. The van der Waals surface area contributed by atoms with Crippen LogP contribution in [0.25, 0.3) is 27.0 Å². The number of nitrogens with one attached hydrogen (secondary N) is 1. The van der Waals surface area contributed by atoms with Gasteiger partial charge in [0.1, 0.15) is 5.69 Å². The highest BCUT2D eigenvalue weighted by atomic mass is 32.1. The van der Waals surface area contributed by atoms with Crippen molar-refractivity contribution in [1.29, 1.82) is 0 Å². The minimum Gasteiger partial charge on any atom is -0.331 e. The minimum atomic E-state index is -0.486. The second-order valence-corrected chi connectivity index (χ2v) is 7.75. The molecule has 0 aliphatic heterocycles. The Balaban J connectivity index is 1.28. The van der Waals surface area contributed by atoms with Gasteiger partial charge in [0.2, 0.25) is 0 Å². The number of pyridine rings is 1. The smallest absolute Gasteiger partial charge is 0.331 e. The number of amides is 1. The summed E-state index contributed by atoms with van der Waals surface area (Å²) in [5.74, 6) is 0. The summed E-state index contributed by atoms with van der Waals surface area (Å²) in [7, 11) is 0. The quantitative estimate of drug-likeness (QED) is 0.473. The number of benzene rings is 2. The molecule has 31 heavy (non-hydrogen) atoms. The standard InChI is InChI=1S/C22H16N6O2S/c29-21-18-5-1-2-7-20(18)31-28(21)22(30)24-13-16-14-27(26-25-16)17-10-8-15(9-11-17)19-6-3-4-12-23-19/h1-12,14H,13H2,(H,24,30). The zero-order valence-electron chi connectivity index (χ0n) is 16.2. The zero-order valence-corrected chi connectivity index (χ0v) is 17.0. The molecule has 0 saturated heterocycles. The first-order chi connectivity index (χ1) is 15.2. The Morgan fingerprint density at radius 2 is 1.81 bits per heavy atom. The molecular formula is C22H16N6O2S. The van der Waals surface area contributed by atoms with Crippen LogP contribution in [0.1, 0.15) is 5.69 Å². The molecule has 0 aliphatic carbocycles. The summed E-state index contributed by atoms with van der Waals surface area (Å²) in [5.41, 5.74) is 3.00. The number of carbonyl (C=O) groups is 1. The van der Waals surface area contributed by atoms with Gasteiger partial charge in [0.05, 0.1) is 34.2 Å². The van der Waals surface area contributed by atoms with Crippen LogP contribution in [0.2, 0.25) is 0 Å². The lowest BCUT2D eigenvalue weighted by Crippen LogP contribution is -2.32. The van der Waals surface area contributed by atoms with E-state index in [1.807, 2.05) is 54.6 Å². The molecule has 152 valence electrons. The monoisotopic (exact) mass is 428 g/mol. The van der Waals surface area contributed by atoms with Gasteiger partial charge in [-0.2, -0.15) is 3.96 Å². The van der Waals surface area contributed by atoms with E-state index in [1.54, 1.807) is 29.2 Å². The molecule has 0 radical (unpaired) electrons. The van der Waals surface area contributed by atoms with Crippen LogP contribution in [0.3, 0.4) is 0 Å². The van der Waals surface area contributed by atoms with E-state index in [4.69, 9.17) is 0 Å². The van der Waals surface area contributed by atoms with E-state index in [1.165, 1.54) is 0 Å². The number of carbonyl (C=O) groups excluding carboxylic acids is 1. The van der Waals surface area contributed by atoms with Crippen molar-refractivity contribution in [3.05, 3.63) is 95.2 Å². The topological polar surface area (TPSA) is 94.7 Å². The predicted molar refractivity (Wildman–Crippen MR) is 118 cm³/mol. The molecule has 1 amide bonds. The number of hydrogen-bond donors (Lipinski definition) is 1. The summed E-state index contributed by atoms with van der Waals surface area (Å²) in [6, 6.07) is 20.2. The van der Waals surface area contributed by atoms with E-state index in [0.717, 1.165) is 37.1 Å². The van der Waals surface area contributed by atoms with Crippen LogP contribution in [0.15, 0.2) is 83.9 Å². The molecule has 0 spiro atoms. The van der Waals surface area contributed by atoms with Crippen LogP contribution in [0.5, 0.6) is 0 Å². The molecule has 0 aliphatic rings. The molecule has 3 aromatic heterocycles. The van der Waals surface area contributed by atoms with Gasteiger partial charge in [-0.1, -0.05) is 35.5 Å². The lowest BCUT2D eigenvalue weighted by Gasteiger charge is -2.03. The van der Waals surface area contributed by atoms with Gasteiger partial charge in [0, 0.05) is 11.8 Å².